The molecule has 0 aliphatic heterocycles. The van der Waals surface area contributed by atoms with Gasteiger partial charge in [-0.25, -0.2) is 0 Å². The van der Waals surface area contributed by atoms with Gasteiger partial charge in [0, 0.05) is 12.8 Å². The minimum absolute atomic E-state index is 0.107. The number of esters is 3. The average Bonchev–Trinajstić information content (AvgIpc) is 3.46. The second-order valence-electron chi connectivity index (χ2n) is 19.9. The minimum atomic E-state index is -0.852. The number of ether oxygens (including phenoxy) is 3. The first-order valence-corrected chi connectivity index (χ1v) is 31.4. The number of rotatable bonds is 54. The first-order chi connectivity index (χ1) is 39.5. The summed E-state index contributed by atoms with van der Waals surface area (Å²) in [5.74, 6) is -1.13. The average molecular weight is 1100 g/mol. The van der Waals surface area contributed by atoms with Gasteiger partial charge >= 0.3 is 17.9 Å². The Morgan fingerprint density at radius 3 is 0.887 bits per heavy atom. The first-order valence-electron chi connectivity index (χ1n) is 31.4. The Hall–Kier alpha value is -5.75. The molecule has 6 heteroatoms. The van der Waals surface area contributed by atoms with Crippen molar-refractivity contribution in [2.45, 2.75) is 239 Å². The predicted octanol–water partition coefficient (Wildman–Crippen LogP) is 21.8. The maximum Gasteiger partial charge on any atom is 0.309 e. The summed E-state index contributed by atoms with van der Waals surface area (Å²) in [5.41, 5.74) is 0. The maximum absolute atomic E-state index is 12.9. The third kappa shape index (κ3) is 63.1. The molecule has 0 fully saturated rings. The van der Waals surface area contributed by atoms with E-state index in [0.717, 1.165) is 161 Å². The van der Waals surface area contributed by atoms with Gasteiger partial charge in [0.05, 0.1) is 6.42 Å². The lowest BCUT2D eigenvalue weighted by Crippen LogP contribution is -2.30. The van der Waals surface area contributed by atoms with Crippen molar-refractivity contribution in [1.29, 1.82) is 0 Å². The van der Waals surface area contributed by atoms with E-state index in [0.29, 0.717) is 0 Å². The Labute approximate surface area is 490 Å². The van der Waals surface area contributed by atoms with E-state index >= 15 is 0 Å². The van der Waals surface area contributed by atoms with E-state index in [1.807, 2.05) is 6.08 Å². The molecular weight excluding hydrogens is 985 g/mol. The molecule has 0 bridgehead atoms. The van der Waals surface area contributed by atoms with Gasteiger partial charge in [0.15, 0.2) is 6.10 Å². The summed E-state index contributed by atoms with van der Waals surface area (Å²) in [6.07, 6.45) is 100. The van der Waals surface area contributed by atoms with Gasteiger partial charge in [-0.3, -0.25) is 14.4 Å². The third-order valence-electron chi connectivity index (χ3n) is 12.3. The zero-order chi connectivity index (χ0) is 57.8. The van der Waals surface area contributed by atoms with Gasteiger partial charge in [-0.15, -0.1) is 0 Å². The number of hydrogen-bond acceptors (Lipinski definition) is 6. The third-order valence-corrected chi connectivity index (χ3v) is 12.3. The van der Waals surface area contributed by atoms with E-state index in [9.17, 15) is 14.4 Å². The topological polar surface area (TPSA) is 78.9 Å². The van der Waals surface area contributed by atoms with Crippen molar-refractivity contribution in [2.75, 3.05) is 13.2 Å². The van der Waals surface area contributed by atoms with Crippen LogP contribution in [0.15, 0.2) is 194 Å². The van der Waals surface area contributed by atoms with Crippen LogP contribution in [0.4, 0.5) is 0 Å². The van der Waals surface area contributed by atoms with E-state index in [4.69, 9.17) is 14.2 Å². The molecule has 0 amide bonds. The highest BCUT2D eigenvalue weighted by Crippen LogP contribution is 2.12. The summed E-state index contributed by atoms with van der Waals surface area (Å²) >= 11 is 0. The standard InChI is InChI=1S/C74H112O6/c1-4-7-10-13-16-19-22-25-28-30-31-32-33-34-35-36-37-38-39-40-41-42-43-44-47-49-52-55-58-61-64-67-73(76)79-70-71(69-78-72(75)66-63-60-57-54-51-48-45-27-24-21-18-15-12-9-6-3)80-74(77)68-65-62-59-56-53-50-46-29-26-23-20-17-14-11-8-5-2/h7,9-10,12,16,18-21,23,25,27-29,31-32,34-35,37-38,40-41,43-46,49,51-52,54,60,63,71H,4-6,8,11,13-15,17,22,24,26,30,33,36,39,42,47-48,50,53,55-59,61-62,64-70H2,1-3H3/b10-7-,12-9-,19-16-,21-18-,23-20-,28-25-,32-31-,35-34-,38-37-,41-40-,44-43-,45-27-,46-29-,52-49-,54-51-,63-60-. The Morgan fingerprint density at radius 1 is 0.275 bits per heavy atom. The van der Waals surface area contributed by atoms with Gasteiger partial charge in [0.2, 0.25) is 0 Å². The molecule has 0 N–H and O–H groups in total. The summed E-state index contributed by atoms with van der Waals surface area (Å²) in [6.45, 7) is 6.24. The molecule has 1 unspecified atom stereocenters. The van der Waals surface area contributed by atoms with E-state index in [2.05, 4.69) is 203 Å². The van der Waals surface area contributed by atoms with Gasteiger partial charge < -0.3 is 14.2 Å². The summed E-state index contributed by atoms with van der Waals surface area (Å²) in [5, 5.41) is 0. The van der Waals surface area contributed by atoms with Gasteiger partial charge in [0.25, 0.3) is 0 Å². The fourth-order valence-electron chi connectivity index (χ4n) is 7.71. The fourth-order valence-corrected chi connectivity index (χ4v) is 7.71. The van der Waals surface area contributed by atoms with Gasteiger partial charge in [-0.1, -0.05) is 260 Å². The Bertz CT molecular complexity index is 1930. The van der Waals surface area contributed by atoms with Crippen molar-refractivity contribution < 1.29 is 28.6 Å². The van der Waals surface area contributed by atoms with Crippen LogP contribution < -0.4 is 0 Å². The van der Waals surface area contributed by atoms with E-state index in [1.165, 1.54) is 32.1 Å². The Balaban J connectivity index is 4.52. The summed E-state index contributed by atoms with van der Waals surface area (Å²) < 4.78 is 16.7. The Morgan fingerprint density at radius 2 is 0.537 bits per heavy atom. The molecule has 0 heterocycles. The molecule has 444 valence electrons. The monoisotopic (exact) mass is 1100 g/mol. The number of carbonyl (C=O) groups is 3. The molecule has 0 radical (unpaired) electrons. The smallest absolute Gasteiger partial charge is 0.309 e. The van der Waals surface area contributed by atoms with Crippen molar-refractivity contribution >= 4 is 17.9 Å². The molecule has 0 aromatic rings. The molecule has 0 rings (SSSR count). The number of hydrogen-bond donors (Lipinski definition) is 0. The van der Waals surface area contributed by atoms with Crippen LogP contribution in [0.1, 0.15) is 233 Å². The second-order valence-corrected chi connectivity index (χ2v) is 19.9. The van der Waals surface area contributed by atoms with E-state index in [-0.39, 0.29) is 44.4 Å². The zero-order valence-electron chi connectivity index (χ0n) is 50.8. The minimum Gasteiger partial charge on any atom is -0.462 e. The van der Waals surface area contributed by atoms with Crippen molar-refractivity contribution in [1.82, 2.24) is 0 Å². The van der Waals surface area contributed by atoms with Crippen LogP contribution in [-0.2, 0) is 28.6 Å². The molecule has 0 aliphatic rings. The molecular formula is C74H112O6. The highest BCUT2D eigenvalue weighted by atomic mass is 16.6. The molecule has 0 saturated heterocycles. The molecule has 0 aromatic carbocycles. The molecule has 0 spiro atoms. The SMILES string of the molecule is CC/C=C\C/C=C\C/C=C\C/C=C\C/C=C\C/C=C\C/C=C\C/C=C\C/C=C\CCCCCC(=O)OCC(COC(=O)C/C=C\C/C=C\C/C=C\C/C=C\C/C=C\CC)OC(=O)CCCCCCC/C=C\C/C=C\CCCCCC. The van der Waals surface area contributed by atoms with Gasteiger partial charge in [0.1, 0.15) is 13.2 Å². The molecule has 0 saturated carbocycles. The van der Waals surface area contributed by atoms with Crippen LogP contribution in [0.2, 0.25) is 0 Å². The predicted molar refractivity (Wildman–Crippen MR) is 347 cm³/mol. The normalized spacial score (nSPS) is 13.5. The van der Waals surface area contributed by atoms with Crippen molar-refractivity contribution in [3.8, 4) is 0 Å². The van der Waals surface area contributed by atoms with Crippen LogP contribution in [-0.4, -0.2) is 37.2 Å². The lowest BCUT2D eigenvalue weighted by Gasteiger charge is -2.18. The lowest BCUT2D eigenvalue weighted by atomic mass is 10.1. The zero-order valence-corrected chi connectivity index (χ0v) is 50.8. The van der Waals surface area contributed by atoms with Gasteiger partial charge in [-0.2, -0.15) is 0 Å². The number of unbranched alkanes of at least 4 members (excludes halogenated alkanes) is 12. The van der Waals surface area contributed by atoms with Crippen molar-refractivity contribution in [2.24, 2.45) is 0 Å². The van der Waals surface area contributed by atoms with Crippen LogP contribution >= 0.6 is 0 Å². The quantitative estimate of drug-likeness (QED) is 0.0261. The summed E-state index contributed by atoms with van der Waals surface area (Å²) in [4.78, 5) is 38.2. The van der Waals surface area contributed by atoms with E-state index < -0.39 is 12.1 Å². The lowest BCUT2D eigenvalue weighted by molar-refractivity contribution is -0.166. The molecule has 0 aromatic heterocycles. The van der Waals surface area contributed by atoms with Gasteiger partial charge in [-0.05, 0) is 148 Å². The van der Waals surface area contributed by atoms with Crippen LogP contribution in [0, 0.1) is 0 Å². The van der Waals surface area contributed by atoms with Crippen molar-refractivity contribution in [3.63, 3.8) is 0 Å². The molecule has 0 aliphatic carbocycles. The highest BCUT2D eigenvalue weighted by Gasteiger charge is 2.19. The van der Waals surface area contributed by atoms with E-state index in [1.54, 1.807) is 6.08 Å². The van der Waals surface area contributed by atoms with Crippen molar-refractivity contribution in [3.05, 3.63) is 194 Å². The fraction of sp³-hybridized carbons (Fsp3) is 0.527. The largest absolute Gasteiger partial charge is 0.462 e. The molecule has 80 heavy (non-hydrogen) atoms. The van der Waals surface area contributed by atoms with Crippen LogP contribution in [0.25, 0.3) is 0 Å². The summed E-state index contributed by atoms with van der Waals surface area (Å²) in [6, 6.07) is 0. The first kappa shape index (κ1) is 74.2. The second kappa shape index (κ2) is 65.8. The van der Waals surface area contributed by atoms with Crippen LogP contribution in [0.5, 0.6) is 0 Å². The van der Waals surface area contributed by atoms with Crippen LogP contribution in [0.3, 0.4) is 0 Å². The highest BCUT2D eigenvalue weighted by molar-refractivity contribution is 5.72. The maximum atomic E-state index is 12.9. The summed E-state index contributed by atoms with van der Waals surface area (Å²) in [7, 11) is 0. The molecule has 6 nitrogen and oxygen atoms in total. The molecule has 1 atom stereocenters. The Kier molecular flexibility index (Phi) is 61.0. The number of allylic oxidation sites excluding steroid dienone is 31. The number of carbonyl (C=O) groups excluding carboxylic acids is 3.